The monoisotopic (exact) mass is 262 g/mol. The highest BCUT2D eigenvalue weighted by atomic mass is 32.2. The molecule has 0 saturated carbocycles. The third-order valence-electron chi connectivity index (χ3n) is 3.16. The molecule has 2 nitrogen and oxygen atoms in total. The molecule has 0 spiro atoms. The molecule has 1 aromatic carbocycles. The molecule has 0 amide bonds. The van der Waals surface area contributed by atoms with Gasteiger partial charge >= 0.3 is 0 Å². The summed E-state index contributed by atoms with van der Waals surface area (Å²) in [6.07, 6.45) is 1.15. The van der Waals surface area contributed by atoms with Crippen LogP contribution < -0.4 is 5.32 Å². The van der Waals surface area contributed by atoms with Gasteiger partial charge in [0.15, 0.2) is 5.17 Å². The summed E-state index contributed by atoms with van der Waals surface area (Å²) in [5, 5.41) is 4.49. The molecule has 1 aliphatic heterocycles. The average molecular weight is 262 g/mol. The van der Waals surface area contributed by atoms with Gasteiger partial charge in [-0.3, -0.25) is 4.99 Å². The molecule has 2 rings (SSSR count). The lowest BCUT2D eigenvalue weighted by Gasteiger charge is -2.26. The van der Waals surface area contributed by atoms with Crippen LogP contribution in [-0.4, -0.2) is 16.5 Å². The van der Waals surface area contributed by atoms with Crippen LogP contribution in [0.3, 0.4) is 0 Å². The molecule has 1 N–H and O–H groups in total. The van der Waals surface area contributed by atoms with Crippen LogP contribution in [0.25, 0.3) is 0 Å². The summed E-state index contributed by atoms with van der Waals surface area (Å²) in [5.74, 6) is 1.70. The van der Waals surface area contributed by atoms with Gasteiger partial charge in [-0.1, -0.05) is 37.7 Å². The summed E-state index contributed by atoms with van der Waals surface area (Å²) in [4.78, 5) is 4.75. The first-order valence-corrected chi connectivity index (χ1v) is 7.54. The van der Waals surface area contributed by atoms with E-state index in [1.54, 1.807) is 0 Å². The lowest BCUT2D eigenvalue weighted by atomic mass is 10.0. The summed E-state index contributed by atoms with van der Waals surface area (Å²) in [6, 6.07) is 8.61. The van der Waals surface area contributed by atoms with Crippen LogP contribution in [0.15, 0.2) is 29.3 Å². The number of anilines is 1. The van der Waals surface area contributed by atoms with Crippen molar-refractivity contribution in [3.05, 3.63) is 29.8 Å². The van der Waals surface area contributed by atoms with E-state index in [-0.39, 0.29) is 5.54 Å². The zero-order chi connectivity index (χ0) is 13.2. The maximum atomic E-state index is 4.75. The van der Waals surface area contributed by atoms with Gasteiger partial charge in [-0.2, -0.15) is 0 Å². The minimum atomic E-state index is 0.0727. The SMILES string of the molecule is CC(C)c1cccc(NC2=NC(C)(C)CCS2)c1. The van der Waals surface area contributed by atoms with E-state index < -0.39 is 0 Å². The molecule has 0 fully saturated rings. The van der Waals surface area contributed by atoms with Gasteiger partial charge in [0.2, 0.25) is 0 Å². The summed E-state index contributed by atoms with van der Waals surface area (Å²) < 4.78 is 0. The van der Waals surface area contributed by atoms with Crippen molar-refractivity contribution >= 4 is 22.6 Å². The highest BCUT2D eigenvalue weighted by molar-refractivity contribution is 8.14. The second kappa shape index (κ2) is 5.35. The molecule has 0 unspecified atom stereocenters. The normalized spacial score (nSPS) is 18.6. The number of hydrogen-bond donors (Lipinski definition) is 1. The molecule has 0 radical (unpaired) electrons. The number of thioether (sulfide) groups is 1. The average Bonchev–Trinajstić information content (AvgIpc) is 2.28. The van der Waals surface area contributed by atoms with Gasteiger partial charge in [-0.05, 0) is 43.9 Å². The molecule has 1 heterocycles. The lowest BCUT2D eigenvalue weighted by Crippen LogP contribution is -2.27. The van der Waals surface area contributed by atoms with E-state index in [9.17, 15) is 0 Å². The number of benzene rings is 1. The lowest BCUT2D eigenvalue weighted by molar-refractivity contribution is 0.507. The summed E-state index contributed by atoms with van der Waals surface area (Å²) in [5.41, 5.74) is 2.58. The molecular weight excluding hydrogens is 240 g/mol. The number of nitrogens with zero attached hydrogens (tertiary/aromatic N) is 1. The van der Waals surface area contributed by atoms with Crippen molar-refractivity contribution in [1.29, 1.82) is 0 Å². The molecule has 0 aromatic heterocycles. The van der Waals surface area contributed by atoms with Crippen LogP contribution in [0.4, 0.5) is 5.69 Å². The smallest absolute Gasteiger partial charge is 0.161 e. The molecular formula is C15H22N2S. The Morgan fingerprint density at radius 1 is 1.33 bits per heavy atom. The van der Waals surface area contributed by atoms with Gasteiger partial charge in [0, 0.05) is 11.4 Å². The molecule has 98 valence electrons. The minimum Gasteiger partial charge on any atom is -0.335 e. The Balaban J connectivity index is 2.14. The topological polar surface area (TPSA) is 24.4 Å². The van der Waals surface area contributed by atoms with E-state index in [0.29, 0.717) is 5.92 Å². The van der Waals surface area contributed by atoms with E-state index in [0.717, 1.165) is 23.0 Å². The quantitative estimate of drug-likeness (QED) is 0.849. The molecule has 1 aliphatic rings. The van der Waals surface area contributed by atoms with Crippen LogP contribution >= 0.6 is 11.8 Å². The Kier molecular flexibility index (Phi) is 4.00. The van der Waals surface area contributed by atoms with Gasteiger partial charge in [-0.25, -0.2) is 0 Å². The van der Waals surface area contributed by atoms with Crippen LogP contribution in [-0.2, 0) is 0 Å². The Labute approximate surface area is 114 Å². The van der Waals surface area contributed by atoms with E-state index in [1.807, 2.05) is 11.8 Å². The fourth-order valence-corrected chi connectivity index (χ4v) is 3.22. The molecule has 0 atom stereocenters. The van der Waals surface area contributed by atoms with Crippen LogP contribution in [0.1, 0.15) is 45.6 Å². The van der Waals surface area contributed by atoms with Crippen molar-refractivity contribution in [1.82, 2.24) is 0 Å². The molecule has 0 bridgehead atoms. The Morgan fingerprint density at radius 2 is 2.11 bits per heavy atom. The van der Waals surface area contributed by atoms with Crippen molar-refractivity contribution in [3.63, 3.8) is 0 Å². The van der Waals surface area contributed by atoms with Gasteiger partial charge in [-0.15, -0.1) is 0 Å². The van der Waals surface area contributed by atoms with Crippen LogP contribution in [0, 0.1) is 0 Å². The van der Waals surface area contributed by atoms with E-state index in [2.05, 4.69) is 57.3 Å². The second-order valence-electron chi connectivity index (χ2n) is 5.73. The van der Waals surface area contributed by atoms with Crippen molar-refractivity contribution in [3.8, 4) is 0 Å². The molecule has 18 heavy (non-hydrogen) atoms. The van der Waals surface area contributed by atoms with Crippen LogP contribution in [0.5, 0.6) is 0 Å². The van der Waals surface area contributed by atoms with E-state index in [1.165, 1.54) is 5.56 Å². The maximum absolute atomic E-state index is 4.75. The maximum Gasteiger partial charge on any atom is 0.161 e. The molecule has 0 aliphatic carbocycles. The number of hydrogen-bond acceptors (Lipinski definition) is 3. The van der Waals surface area contributed by atoms with Crippen molar-refractivity contribution < 1.29 is 0 Å². The first kappa shape index (κ1) is 13.5. The number of aliphatic imine (C=N–C) groups is 1. The third kappa shape index (κ3) is 3.52. The van der Waals surface area contributed by atoms with Gasteiger partial charge in [0.05, 0.1) is 5.54 Å². The van der Waals surface area contributed by atoms with Crippen molar-refractivity contribution in [2.75, 3.05) is 11.1 Å². The minimum absolute atomic E-state index is 0.0727. The van der Waals surface area contributed by atoms with E-state index >= 15 is 0 Å². The highest BCUT2D eigenvalue weighted by Crippen LogP contribution is 2.27. The largest absolute Gasteiger partial charge is 0.335 e. The van der Waals surface area contributed by atoms with Crippen molar-refractivity contribution in [2.24, 2.45) is 4.99 Å². The Bertz CT molecular complexity index is 450. The Hall–Kier alpha value is -0.960. The van der Waals surface area contributed by atoms with Gasteiger partial charge < -0.3 is 5.32 Å². The fourth-order valence-electron chi connectivity index (χ4n) is 1.92. The molecule has 3 heteroatoms. The summed E-state index contributed by atoms with van der Waals surface area (Å²) >= 11 is 1.81. The van der Waals surface area contributed by atoms with Gasteiger partial charge in [0.25, 0.3) is 0 Å². The predicted octanol–water partition coefficient (Wildman–Crippen LogP) is 4.49. The first-order chi connectivity index (χ1) is 8.46. The third-order valence-corrected chi connectivity index (χ3v) is 4.04. The van der Waals surface area contributed by atoms with Crippen LogP contribution in [0.2, 0.25) is 0 Å². The molecule has 1 aromatic rings. The first-order valence-electron chi connectivity index (χ1n) is 6.56. The summed E-state index contributed by atoms with van der Waals surface area (Å²) in [7, 11) is 0. The number of nitrogens with one attached hydrogen (secondary N) is 1. The fraction of sp³-hybridized carbons (Fsp3) is 0.533. The Morgan fingerprint density at radius 3 is 2.78 bits per heavy atom. The number of amidine groups is 1. The van der Waals surface area contributed by atoms with Crippen molar-refractivity contribution in [2.45, 2.75) is 45.6 Å². The standard InChI is InChI=1S/C15H22N2S/c1-11(2)12-6-5-7-13(10-12)16-14-17-15(3,4)8-9-18-14/h5-7,10-11H,8-9H2,1-4H3,(H,16,17). The summed E-state index contributed by atoms with van der Waals surface area (Å²) in [6.45, 7) is 8.82. The predicted molar refractivity (Wildman–Crippen MR) is 82.7 cm³/mol. The molecule has 0 saturated heterocycles. The second-order valence-corrected chi connectivity index (χ2v) is 6.82. The zero-order valence-electron chi connectivity index (χ0n) is 11.7. The highest BCUT2D eigenvalue weighted by Gasteiger charge is 2.22. The zero-order valence-corrected chi connectivity index (χ0v) is 12.5. The number of rotatable bonds is 2. The van der Waals surface area contributed by atoms with Gasteiger partial charge in [0.1, 0.15) is 0 Å². The van der Waals surface area contributed by atoms with E-state index in [4.69, 9.17) is 4.99 Å².